The molecule has 0 saturated carbocycles. The van der Waals surface area contributed by atoms with Crippen LogP contribution >= 0.6 is 22.9 Å². The normalized spacial score (nSPS) is 16.7. The molecule has 9 nitrogen and oxygen atoms in total. The Hall–Kier alpha value is -3.29. The maximum Gasteiger partial charge on any atom is 0.434 e. The van der Waals surface area contributed by atoms with Gasteiger partial charge in [-0.2, -0.15) is 13.2 Å². The summed E-state index contributed by atoms with van der Waals surface area (Å²) >= 11 is 7.20. The topological polar surface area (TPSA) is 109 Å². The van der Waals surface area contributed by atoms with Crippen LogP contribution in [0.1, 0.15) is 52.4 Å². The van der Waals surface area contributed by atoms with Crippen LogP contribution in [-0.2, 0) is 22.3 Å². The number of nitrogens with one attached hydrogen (secondary N) is 2. The van der Waals surface area contributed by atoms with Crippen molar-refractivity contribution in [3.63, 3.8) is 0 Å². The fraction of sp³-hybridized carbons (Fsp3) is 0.400. The molecule has 4 heterocycles. The standard InChI is InChI=1S/C25H24ClF3N6O3S/c1-13(36)31-19(22-33-20(12-39-22)25(27,28)29)11-35-10-15-3-2-14(8-17(15)23(35)37)21-18(26)9-30-24(34-21)32-16-4-6-38-7-5-16/h2-3,8-9,12,16,19H,4-7,10-11H2,1H3,(H,31,36)(H,30,32,34). The molecule has 1 fully saturated rings. The predicted molar refractivity (Wildman–Crippen MR) is 138 cm³/mol. The van der Waals surface area contributed by atoms with Crippen molar-refractivity contribution >= 4 is 40.7 Å². The highest BCUT2D eigenvalue weighted by Crippen LogP contribution is 2.34. The van der Waals surface area contributed by atoms with Gasteiger partial charge in [-0.3, -0.25) is 9.59 Å². The first kappa shape index (κ1) is 27.3. The van der Waals surface area contributed by atoms with Gasteiger partial charge in [-0.1, -0.05) is 23.7 Å². The molecule has 2 aliphatic rings. The highest BCUT2D eigenvalue weighted by molar-refractivity contribution is 7.09. The summed E-state index contributed by atoms with van der Waals surface area (Å²) in [4.78, 5) is 39.1. The lowest BCUT2D eigenvalue weighted by atomic mass is 10.0. The van der Waals surface area contributed by atoms with Crippen LogP contribution in [-0.4, -0.2) is 57.5 Å². The average molecular weight is 581 g/mol. The molecule has 1 unspecified atom stereocenters. The molecule has 2 aromatic heterocycles. The molecule has 206 valence electrons. The quantitative estimate of drug-likeness (QED) is 0.417. The van der Waals surface area contributed by atoms with Crippen molar-refractivity contribution in [3.05, 3.63) is 56.6 Å². The van der Waals surface area contributed by atoms with E-state index in [-0.39, 0.29) is 30.0 Å². The minimum Gasteiger partial charge on any atom is -0.381 e. The second kappa shape index (κ2) is 11.1. The summed E-state index contributed by atoms with van der Waals surface area (Å²) in [5.41, 5.74) is 1.23. The van der Waals surface area contributed by atoms with E-state index in [2.05, 4.69) is 25.6 Å². The number of carbonyl (C=O) groups excluding carboxylic acids is 2. The van der Waals surface area contributed by atoms with Crippen molar-refractivity contribution in [2.75, 3.05) is 25.1 Å². The van der Waals surface area contributed by atoms with Crippen LogP contribution in [0.25, 0.3) is 11.3 Å². The van der Waals surface area contributed by atoms with Gasteiger partial charge in [-0.15, -0.1) is 11.3 Å². The number of anilines is 1. The Morgan fingerprint density at radius 2 is 2.05 bits per heavy atom. The zero-order valence-corrected chi connectivity index (χ0v) is 22.3. The third kappa shape index (κ3) is 6.15. The van der Waals surface area contributed by atoms with Crippen molar-refractivity contribution in [2.45, 2.75) is 44.6 Å². The molecule has 0 spiro atoms. The number of ether oxygens (including phenoxy) is 1. The van der Waals surface area contributed by atoms with Gasteiger partial charge in [0, 0.05) is 55.8 Å². The van der Waals surface area contributed by atoms with E-state index in [4.69, 9.17) is 16.3 Å². The number of carbonyl (C=O) groups is 2. The van der Waals surface area contributed by atoms with Gasteiger partial charge in [0.2, 0.25) is 11.9 Å². The van der Waals surface area contributed by atoms with Gasteiger partial charge in [-0.05, 0) is 24.5 Å². The second-order valence-electron chi connectivity index (χ2n) is 9.30. The van der Waals surface area contributed by atoms with Crippen molar-refractivity contribution in [3.8, 4) is 11.3 Å². The van der Waals surface area contributed by atoms with Crippen molar-refractivity contribution < 1.29 is 27.5 Å². The monoisotopic (exact) mass is 580 g/mol. The number of alkyl halides is 3. The highest BCUT2D eigenvalue weighted by atomic mass is 35.5. The Kier molecular flexibility index (Phi) is 7.74. The van der Waals surface area contributed by atoms with Crippen LogP contribution in [0, 0.1) is 0 Å². The zero-order chi connectivity index (χ0) is 27.7. The number of nitrogens with zero attached hydrogens (tertiary/aromatic N) is 4. The lowest BCUT2D eigenvalue weighted by molar-refractivity contribution is -0.140. The fourth-order valence-electron chi connectivity index (χ4n) is 4.55. The minimum absolute atomic E-state index is 0.0410. The fourth-order valence-corrected chi connectivity index (χ4v) is 5.62. The van der Waals surface area contributed by atoms with E-state index < -0.39 is 23.8 Å². The van der Waals surface area contributed by atoms with Crippen LogP contribution in [0.3, 0.4) is 0 Å². The van der Waals surface area contributed by atoms with Crippen LogP contribution in [0.4, 0.5) is 19.1 Å². The van der Waals surface area contributed by atoms with Gasteiger partial charge in [0.25, 0.3) is 5.91 Å². The molecule has 2 aliphatic heterocycles. The molecule has 2 amide bonds. The minimum atomic E-state index is -4.60. The van der Waals surface area contributed by atoms with Gasteiger partial charge in [0.1, 0.15) is 5.01 Å². The Morgan fingerprint density at radius 3 is 2.74 bits per heavy atom. The summed E-state index contributed by atoms with van der Waals surface area (Å²) in [6.07, 6.45) is -1.42. The van der Waals surface area contributed by atoms with Gasteiger partial charge < -0.3 is 20.3 Å². The Bertz CT molecular complexity index is 1400. The molecule has 0 radical (unpaired) electrons. The first-order valence-electron chi connectivity index (χ1n) is 12.2. The van der Waals surface area contributed by atoms with Crippen molar-refractivity contribution in [1.82, 2.24) is 25.2 Å². The molecule has 1 atom stereocenters. The van der Waals surface area contributed by atoms with Crippen LogP contribution in [0.2, 0.25) is 5.02 Å². The number of hydrogen-bond donors (Lipinski definition) is 2. The number of rotatable bonds is 7. The van der Waals surface area contributed by atoms with E-state index in [0.29, 0.717) is 41.0 Å². The maximum atomic E-state index is 13.3. The number of halogens is 4. The largest absolute Gasteiger partial charge is 0.434 e. The lowest BCUT2D eigenvalue weighted by Crippen LogP contribution is -2.37. The number of benzene rings is 1. The van der Waals surface area contributed by atoms with E-state index in [1.807, 2.05) is 6.07 Å². The molecule has 3 aromatic rings. The van der Waals surface area contributed by atoms with E-state index >= 15 is 0 Å². The first-order chi connectivity index (χ1) is 18.6. The van der Waals surface area contributed by atoms with Crippen LogP contribution in [0.15, 0.2) is 29.8 Å². The van der Waals surface area contributed by atoms with Gasteiger partial charge in [0.05, 0.1) is 23.0 Å². The van der Waals surface area contributed by atoms with E-state index in [1.165, 1.54) is 18.0 Å². The third-order valence-corrected chi connectivity index (χ3v) is 7.69. The van der Waals surface area contributed by atoms with Crippen LogP contribution < -0.4 is 10.6 Å². The third-order valence-electron chi connectivity index (χ3n) is 6.45. The molecule has 0 bridgehead atoms. The maximum absolute atomic E-state index is 13.3. The molecule has 1 saturated heterocycles. The van der Waals surface area contributed by atoms with E-state index in [1.54, 1.807) is 12.1 Å². The number of hydrogen-bond acceptors (Lipinski definition) is 8. The molecule has 0 aliphatic carbocycles. The Labute approximate surface area is 230 Å². The van der Waals surface area contributed by atoms with Gasteiger partial charge in [0.15, 0.2) is 5.69 Å². The van der Waals surface area contributed by atoms with E-state index in [0.717, 1.165) is 35.1 Å². The second-order valence-corrected chi connectivity index (χ2v) is 10.6. The van der Waals surface area contributed by atoms with E-state index in [9.17, 15) is 22.8 Å². The average Bonchev–Trinajstić information content (AvgIpc) is 3.51. The summed E-state index contributed by atoms with van der Waals surface area (Å²) in [6, 6.07) is 4.60. The highest BCUT2D eigenvalue weighted by Gasteiger charge is 2.36. The number of aromatic nitrogens is 3. The van der Waals surface area contributed by atoms with Gasteiger partial charge in [-0.25, -0.2) is 15.0 Å². The lowest BCUT2D eigenvalue weighted by Gasteiger charge is -2.23. The summed E-state index contributed by atoms with van der Waals surface area (Å²) in [6.45, 7) is 2.78. The van der Waals surface area contributed by atoms with Gasteiger partial charge >= 0.3 is 6.18 Å². The summed E-state index contributed by atoms with van der Waals surface area (Å²) < 4.78 is 44.6. The smallest absolute Gasteiger partial charge is 0.381 e. The molecule has 39 heavy (non-hydrogen) atoms. The number of thiazole rings is 1. The summed E-state index contributed by atoms with van der Waals surface area (Å²) in [7, 11) is 0. The molecular weight excluding hydrogens is 557 g/mol. The molecule has 2 N–H and O–H groups in total. The summed E-state index contributed by atoms with van der Waals surface area (Å²) in [5, 5.41) is 7.21. The first-order valence-corrected chi connectivity index (χ1v) is 13.4. The number of fused-ring (bicyclic) bond motifs is 1. The molecule has 14 heteroatoms. The predicted octanol–water partition coefficient (Wildman–Crippen LogP) is 4.70. The Morgan fingerprint density at radius 1 is 1.28 bits per heavy atom. The summed E-state index contributed by atoms with van der Waals surface area (Å²) in [5.74, 6) is -0.339. The molecular formula is C25H24ClF3N6O3S. The molecule has 1 aromatic carbocycles. The van der Waals surface area contributed by atoms with Crippen molar-refractivity contribution in [1.29, 1.82) is 0 Å². The van der Waals surface area contributed by atoms with Crippen molar-refractivity contribution in [2.24, 2.45) is 0 Å². The molecule has 5 rings (SSSR count). The van der Waals surface area contributed by atoms with Crippen LogP contribution in [0.5, 0.6) is 0 Å². The Balaban J connectivity index is 1.35. The zero-order valence-electron chi connectivity index (χ0n) is 20.7. The number of amides is 2. The SMILES string of the molecule is CC(=O)NC(CN1Cc2ccc(-c3nc(NC4CCOCC4)ncc3Cl)cc2C1=O)c1nc(C(F)(F)F)cs1.